The normalized spacial score (nSPS) is 45.0. The predicted octanol–water partition coefficient (Wildman–Crippen LogP) is 7.08. The zero-order valence-corrected chi connectivity index (χ0v) is 18.1. The van der Waals surface area contributed by atoms with Gasteiger partial charge in [-0.1, -0.05) is 44.0 Å². The minimum atomic E-state index is 0.247. The van der Waals surface area contributed by atoms with E-state index in [1.54, 1.807) is 0 Å². The van der Waals surface area contributed by atoms with Crippen LogP contribution in [-0.2, 0) is 0 Å². The fraction of sp³-hybridized carbons (Fsp3) is 0.741. The highest BCUT2D eigenvalue weighted by Crippen LogP contribution is 2.64. The topological polar surface area (TPSA) is 17.1 Å². The van der Waals surface area contributed by atoms with Gasteiger partial charge in [-0.2, -0.15) is 0 Å². The van der Waals surface area contributed by atoms with Gasteiger partial charge in [0.2, 0.25) is 0 Å². The summed E-state index contributed by atoms with van der Waals surface area (Å²) in [6.07, 6.45) is 12.5. The molecule has 8 atom stereocenters. The number of ketones is 1. The number of benzene rings is 1. The molecule has 0 radical (unpaired) electrons. The minimum absolute atomic E-state index is 0.247. The third-order valence-electron chi connectivity index (χ3n) is 9.84. The first kappa shape index (κ1) is 18.9. The van der Waals surface area contributed by atoms with E-state index in [0.29, 0.717) is 5.78 Å². The molecule has 0 spiro atoms. The molecule has 5 rings (SSSR count). The lowest BCUT2D eigenvalue weighted by Gasteiger charge is -2.56. The molecule has 8 unspecified atom stereocenters. The van der Waals surface area contributed by atoms with Crippen LogP contribution in [0.2, 0.25) is 0 Å². The van der Waals surface area contributed by atoms with Crippen molar-refractivity contribution in [3.05, 3.63) is 35.4 Å². The molecule has 4 fully saturated rings. The zero-order chi connectivity index (χ0) is 19.5. The molecule has 152 valence electrons. The van der Waals surface area contributed by atoms with Crippen LogP contribution in [0.5, 0.6) is 0 Å². The molecular weight excluding hydrogens is 340 g/mol. The van der Waals surface area contributed by atoms with Gasteiger partial charge in [-0.15, -0.1) is 0 Å². The molecule has 0 bridgehead atoms. The Morgan fingerprint density at radius 2 is 1.79 bits per heavy atom. The van der Waals surface area contributed by atoms with Crippen LogP contribution in [0.4, 0.5) is 0 Å². The van der Waals surface area contributed by atoms with E-state index in [1.807, 2.05) is 6.07 Å². The van der Waals surface area contributed by atoms with Crippen molar-refractivity contribution in [2.75, 3.05) is 0 Å². The molecule has 0 heterocycles. The fourth-order valence-corrected chi connectivity index (χ4v) is 8.52. The second kappa shape index (κ2) is 6.99. The maximum atomic E-state index is 13.5. The predicted molar refractivity (Wildman–Crippen MR) is 115 cm³/mol. The average molecular weight is 379 g/mol. The Hall–Kier alpha value is -1.11. The van der Waals surface area contributed by atoms with Gasteiger partial charge in [0.25, 0.3) is 0 Å². The molecule has 4 aliphatic rings. The molecule has 1 aromatic carbocycles. The smallest absolute Gasteiger partial charge is 0.166 e. The van der Waals surface area contributed by atoms with Gasteiger partial charge in [0.1, 0.15) is 0 Å². The summed E-state index contributed by atoms with van der Waals surface area (Å²) in [6.45, 7) is 7.07. The number of Topliss-reactive ketones (excluding diaryl/α,β-unsaturated/α-hetero) is 1. The molecule has 0 amide bonds. The first-order valence-electron chi connectivity index (χ1n) is 12.1. The number of hydrogen-bond donors (Lipinski definition) is 0. The highest BCUT2D eigenvalue weighted by atomic mass is 16.1. The van der Waals surface area contributed by atoms with Crippen LogP contribution in [0.25, 0.3) is 0 Å². The standard InChI is InChI=1S/C27H38O/c1-17-5-4-6-20(16-17)26(28)25-12-11-24-23-10-8-19-15-18(2)7-9-21(19)22(23)13-14-27(24,25)3/h4-6,16,18-19,21-25H,7-15H2,1-3H3. The van der Waals surface area contributed by atoms with E-state index in [2.05, 4.69) is 39.0 Å². The van der Waals surface area contributed by atoms with Crippen LogP contribution < -0.4 is 0 Å². The lowest BCUT2D eigenvalue weighted by molar-refractivity contribution is -0.0634. The molecule has 4 saturated carbocycles. The van der Waals surface area contributed by atoms with E-state index in [4.69, 9.17) is 0 Å². The van der Waals surface area contributed by atoms with Gasteiger partial charge in [0.15, 0.2) is 5.78 Å². The van der Waals surface area contributed by atoms with E-state index < -0.39 is 0 Å². The summed E-state index contributed by atoms with van der Waals surface area (Å²) < 4.78 is 0. The Balaban J connectivity index is 1.38. The largest absolute Gasteiger partial charge is 0.294 e. The summed E-state index contributed by atoms with van der Waals surface area (Å²) in [5.74, 6) is 6.34. The number of carbonyl (C=O) groups excluding carboxylic acids is 1. The summed E-state index contributed by atoms with van der Waals surface area (Å²) in [6, 6.07) is 8.31. The van der Waals surface area contributed by atoms with Crippen molar-refractivity contribution in [1.29, 1.82) is 0 Å². The van der Waals surface area contributed by atoms with Crippen molar-refractivity contribution in [2.45, 2.75) is 78.6 Å². The lowest BCUT2D eigenvalue weighted by atomic mass is 9.49. The van der Waals surface area contributed by atoms with Crippen LogP contribution in [0.1, 0.15) is 87.6 Å². The molecule has 4 aliphatic carbocycles. The Morgan fingerprint density at radius 3 is 2.61 bits per heavy atom. The van der Waals surface area contributed by atoms with E-state index in [0.717, 1.165) is 47.5 Å². The molecule has 0 aromatic heterocycles. The molecule has 28 heavy (non-hydrogen) atoms. The van der Waals surface area contributed by atoms with Gasteiger partial charge in [-0.3, -0.25) is 4.79 Å². The fourth-order valence-electron chi connectivity index (χ4n) is 8.52. The second-order valence-corrected chi connectivity index (χ2v) is 11.3. The maximum Gasteiger partial charge on any atom is 0.166 e. The molecular formula is C27H38O. The van der Waals surface area contributed by atoms with Crippen molar-refractivity contribution >= 4 is 5.78 Å². The number of aryl methyl sites for hydroxylation is 1. The van der Waals surface area contributed by atoms with Gasteiger partial charge in [0.05, 0.1) is 0 Å². The van der Waals surface area contributed by atoms with Crippen LogP contribution in [0.3, 0.4) is 0 Å². The van der Waals surface area contributed by atoms with Gasteiger partial charge in [0, 0.05) is 11.5 Å². The first-order chi connectivity index (χ1) is 13.5. The van der Waals surface area contributed by atoms with Crippen molar-refractivity contribution in [3.8, 4) is 0 Å². The molecule has 1 nitrogen and oxygen atoms in total. The lowest BCUT2D eigenvalue weighted by Crippen LogP contribution is -2.49. The number of carbonyl (C=O) groups is 1. The van der Waals surface area contributed by atoms with Crippen LogP contribution in [0, 0.1) is 53.8 Å². The van der Waals surface area contributed by atoms with Gasteiger partial charge >= 0.3 is 0 Å². The molecule has 0 saturated heterocycles. The second-order valence-electron chi connectivity index (χ2n) is 11.3. The van der Waals surface area contributed by atoms with E-state index in [-0.39, 0.29) is 11.3 Å². The Morgan fingerprint density at radius 1 is 0.964 bits per heavy atom. The summed E-state index contributed by atoms with van der Waals surface area (Å²) in [7, 11) is 0. The maximum absolute atomic E-state index is 13.5. The van der Waals surface area contributed by atoms with Crippen LogP contribution >= 0.6 is 0 Å². The van der Waals surface area contributed by atoms with Gasteiger partial charge < -0.3 is 0 Å². The molecule has 1 heteroatoms. The summed E-state index contributed by atoms with van der Waals surface area (Å²) in [5, 5.41) is 0. The van der Waals surface area contributed by atoms with E-state index >= 15 is 0 Å². The molecule has 0 N–H and O–H groups in total. The summed E-state index contributed by atoms with van der Waals surface area (Å²) in [4.78, 5) is 13.5. The van der Waals surface area contributed by atoms with E-state index in [1.165, 1.54) is 56.9 Å². The Bertz CT molecular complexity index is 750. The van der Waals surface area contributed by atoms with Crippen LogP contribution in [0.15, 0.2) is 24.3 Å². The Labute approximate surface area is 171 Å². The van der Waals surface area contributed by atoms with Gasteiger partial charge in [-0.05, 0) is 105 Å². The average Bonchev–Trinajstić information content (AvgIpc) is 3.04. The van der Waals surface area contributed by atoms with E-state index in [9.17, 15) is 4.79 Å². The van der Waals surface area contributed by atoms with Crippen LogP contribution in [-0.4, -0.2) is 5.78 Å². The quantitative estimate of drug-likeness (QED) is 0.502. The Kier molecular flexibility index (Phi) is 4.72. The third kappa shape index (κ3) is 2.91. The van der Waals surface area contributed by atoms with Crippen molar-refractivity contribution in [2.24, 2.45) is 46.8 Å². The molecule has 1 aromatic rings. The number of fused-ring (bicyclic) bond motifs is 5. The third-order valence-corrected chi connectivity index (χ3v) is 9.84. The highest BCUT2D eigenvalue weighted by molar-refractivity contribution is 5.98. The van der Waals surface area contributed by atoms with Crippen molar-refractivity contribution in [3.63, 3.8) is 0 Å². The molecule has 0 aliphatic heterocycles. The van der Waals surface area contributed by atoms with Crippen molar-refractivity contribution < 1.29 is 4.79 Å². The first-order valence-corrected chi connectivity index (χ1v) is 12.1. The monoisotopic (exact) mass is 378 g/mol. The highest BCUT2D eigenvalue weighted by Gasteiger charge is 2.58. The summed E-state index contributed by atoms with van der Waals surface area (Å²) >= 11 is 0. The van der Waals surface area contributed by atoms with Crippen molar-refractivity contribution in [1.82, 2.24) is 0 Å². The zero-order valence-electron chi connectivity index (χ0n) is 18.1. The SMILES string of the molecule is Cc1cccc(C(=O)C2CCC3C4CCC5CC(C)CCC5C4CCC23C)c1. The minimum Gasteiger partial charge on any atom is -0.294 e. The van der Waals surface area contributed by atoms with Gasteiger partial charge in [-0.25, -0.2) is 0 Å². The summed E-state index contributed by atoms with van der Waals surface area (Å²) in [5.41, 5.74) is 2.41. The number of hydrogen-bond acceptors (Lipinski definition) is 1. The number of rotatable bonds is 2.